The van der Waals surface area contributed by atoms with Crippen LogP contribution in [0, 0.1) is 0 Å². The zero-order valence-corrected chi connectivity index (χ0v) is 12.2. The zero-order chi connectivity index (χ0) is 13.7. The van der Waals surface area contributed by atoms with Gasteiger partial charge in [-0.15, -0.1) is 0 Å². The highest BCUT2D eigenvalue weighted by Gasteiger charge is 2.15. The van der Waals surface area contributed by atoms with Crippen LogP contribution < -0.4 is 10.5 Å². The zero-order valence-electron chi connectivity index (χ0n) is 12.2. The summed E-state index contributed by atoms with van der Waals surface area (Å²) in [5.41, 5.74) is 7.20. The van der Waals surface area contributed by atoms with E-state index in [4.69, 9.17) is 10.5 Å². The van der Waals surface area contributed by atoms with Crippen molar-refractivity contribution in [1.82, 2.24) is 4.90 Å². The summed E-state index contributed by atoms with van der Waals surface area (Å²) in [5.74, 6) is 0.923. The first kappa shape index (κ1) is 15.0. The van der Waals surface area contributed by atoms with Crippen molar-refractivity contribution in [3.05, 3.63) is 29.8 Å². The van der Waals surface area contributed by atoms with Gasteiger partial charge in [0.2, 0.25) is 0 Å². The predicted molar refractivity (Wildman–Crippen MR) is 76.9 cm³/mol. The van der Waals surface area contributed by atoms with E-state index in [2.05, 4.69) is 31.1 Å². The fourth-order valence-corrected chi connectivity index (χ4v) is 2.04. The van der Waals surface area contributed by atoms with Crippen LogP contribution in [0.1, 0.15) is 38.8 Å². The van der Waals surface area contributed by atoms with Crippen LogP contribution in [0.25, 0.3) is 0 Å². The molecular weight excluding hydrogens is 224 g/mol. The second kappa shape index (κ2) is 6.76. The maximum atomic E-state index is 5.91. The van der Waals surface area contributed by atoms with Crippen LogP contribution in [0.15, 0.2) is 24.3 Å². The van der Waals surface area contributed by atoms with E-state index in [1.807, 2.05) is 32.9 Å². The number of benzene rings is 1. The van der Waals surface area contributed by atoms with E-state index in [1.54, 1.807) is 0 Å². The van der Waals surface area contributed by atoms with E-state index in [1.165, 1.54) is 5.56 Å². The average Bonchev–Trinajstić information content (AvgIpc) is 2.26. The lowest BCUT2D eigenvalue weighted by atomic mass is 9.99. The Hall–Kier alpha value is -1.06. The summed E-state index contributed by atoms with van der Waals surface area (Å²) in [7, 11) is 4.18. The van der Waals surface area contributed by atoms with E-state index in [0.29, 0.717) is 6.04 Å². The molecule has 0 bridgehead atoms. The Labute approximate surface area is 111 Å². The topological polar surface area (TPSA) is 38.5 Å². The van der Waals surface area contributed by atoms with Crippen LogP contribution in [-0.4, -0.2) is 31.1 Å². The third-order valence-corrected chi connectivity index (χ3v) is 2.86. The van der Waals surface area contributed by atoms with Crippen LogP contribution >= 0.6 is 0 Å². The van der Waals surface area contributed by atoms with Gasteiger partial charge in [-0.25, -0.2) is 0 Å². The van der Waals surface area contributed by atoms with Gasteiger partial charge in [0.05, 0.1) is 6.10 Å². The van der Waals surface area contributed by atoms with Crippen molar-refractivity contribution in [2.75, 3.05) is 14.1 Å². The van der Waals surface area contributed by atoms with Gasteiger partial charge in [0.25, 0.3) is 0 Å². The first-order valence-electron chi connectivity index (χ1n) is 6.58. The van der Waals surface area contributed by atoms with Crippen molar-refractivity contribution in [3.63, 3.8) is 0 Å². The molecule has 2 N–H and O–H groups in total. The lowest BCUT2D eigenvalue weighted by molar-refractivity contribution is 0.241. The smallest absolute Gasteiger partial charge is 0.119 e. The maximum Gasteiger partial charge on any atom is 0.119 e. The van der Waals surface area contributed by atoms with Crippen LogP contribution in [0.4, 0.5) is 0 Å². The molecule has 0 fully saturated rings. The molecule has 18 heavy (non-hydrogen) atoms. The number of hydrogen-bond acceptors (Lipinski definition) is 3. The molecule has 0 spiro atoms. The van der Waals surface area contributed by atoms with E-state index in [-0.39, 0.29) is 12.1 Å². The third-order valence-electron chi connectivity index (χ3n) is 2.86. The Morgan fingerprint density at radius 1 is 1.11 bits per heavy atom. The molecule has 0 aliphatic heterocycles. The molecule has 0 saturated carbocycles. The second-order valence-electron chi connectivity index (χ2n) is 5.43. The summed E-state index contributed by atoms with van der Waals surface area (Å²) in [4.78, 5) is 2.21. The van der Waals surface area contributed by atoms with E-state index in [0.717, 1.165) is 12.2 Å². The van der Waals surface area contributed by atoms with Gasteiger partial charge in [-0.05, 0) is 59.0 Å². The quantitative estimate of drug-likeness (QED) is 0.843. The Kier molecular flexibility index (Phi) is 5.63. The van der Waals surface area contributed by atoms with Crippen molar-refractivity contribution >= 4 is 0 Å². The van der Waals surface area contributed by atoms with Gasteiger partial charge in [-0.2, -0.15) is 0 Å². The number of nitrogens with zero attached hydrogens (tertiary/aromatic N) is 1. The Morgan fingerprint density at radius 2 is 1.67 bits per heavy atom. The summed E-state index contributed by atoms with van der Waals surface area (Å²) in [6, 6.07) is 8.89. The number of nitrogens with two attached hydrogens (primary N) is 1. The van der Waals surface area contributed by atoms with Crippen LogP contribution in [-0.2, 0) is 0 Å². The minimum absolute atomic E-state index is 0.198. The van der Waals surface area contributed by atoms with Gasteiger partial charge < -0.3 is 15.4 Å². The number of hydrogen-bond donors (Lipinski definition) is 1. The molecule has 0 aliphatic carbocycles. The Morgan fingerprint density at radius 3 is 2.06 bits per heavy atom. The Balaban J connectivity index is 2.80. The molecule has 2 unspecified atom stereocenters. The van der Waals surface area contributed by atoms with Crippen molar-refractivity contribution < 1.29 is 4.74 Å². The van der Waals surface area contributed by atoms with Gasteiger partial charge in [-0.3, -0.25) is 0 Å². The molecule has 102 valence electrons. The third kappa shape index (κ3) is 4.67. The lowest BCUT2D eigenvalue weighted by Crippen LogP contribution is -2.27. The summed E-state index contributed by atoms with van der Waals surface area (Å²) < 4.78 is 5.65. The second-order valence-corrected chi connectivity index (χ2v) is 5.43. The van der Waals surface area contributed by atoms with Crippen molar-refractivity contribution in [3.8, 4) is 5.75 Å². The molecule has 1 rings (SSSR count). The van der Waals surface area contributed by atoms with E-state index >= 15 is 0 Å². The molecule has 3 nitrogen and oxygen atoms in total. The summed E-state index contributed by atoms with van der Waals surface area (Å²) >= 11 is 0. The van der Waals surface area contributed by atoms with Gasteiger partial charge in [-0.1, -0.05) is 12.1 Å². The molecule has 0 saturated heterocycles. The highest BCUT2D eigenvalue weighted by molar-refractivity contribution is 5.29. The fourth-order valence-electron chi connectivity index (χ4n) is 2.04. The molecular formula is C15H26N2O. The van der Waals surface area contributed by atoms with Crippen molar-refractivity contribution in [2.24, 2.45) is 5.73 Å². The van der Waals surface area contributed by atoms with E-state index in [9.17, 15) is 0 Å². The van der Waals surface area contributed by atoms with Crippen LogP contribution in [0.2, 0.25) is 0 Å². The standard InChI is InChI=1S/C15H26N2O/c1-11(2)18-14-8-6-13(7-9-14)15(17(4)5)10-12(3)16/h6-9,11-12,15H,10,16H2,1-5H3. The predicted octanol–water partition coefficient (Wildman–Crippen LogP) is 2.81. The SMILES string of the molecule is CC(N)CC(c1ccc(OC(C)C)cc1)N(C)C. The summed E-state index contributed by atoms with van der Waals surface area (Å²) in [5, 5.41) is 0. The molecule has 0 radical (unpaired) electrons. The first-order valence-corrected chi connectivity index (χ1v) is 6.58. The molecule has 0 amide bonds. The Bertz CT molecular complexity index is 344. The van der Waals surface area contributed by atoms with Gasteiger partial charge in [0.1, 0.15) is 5.75 Å². The molecule has 2 atom stereocenters. The van der Waals surface area contributed by atoms with E-state index < -0.39 is 0 Å². The number of rotatable bonds is 6. The summed E-state index contributed by atoms with van der Waals surface area (Å²) in [6.07, 6.45) is 1.17. The van der Waals surface area contributed by atoms with Gasteiger partial charge in [0.15, 0.2) is 0 Å². The molecule has 1 aromatic rings. The highest BCUT2D eigenvalue weighted by Crippen LogP contribution is 2.25. The molecule has 0 heterocycles. The van der Waals surface area contributed by atoms with Crippen molar-refractivity contribution in [2.45, 2.75) is 45.4 Å². The normalized spacial score (nSPS) is 14.9. The van der Waals surface area contributed by atoms with Gasteiger partial charge in [0, 0.05) is 12.1 Å². The average molecular weight is 250 g/mol. The van der Waals surface area contributed by atoms with Crippen molar-refractivity contribution in [1.29, 1.82) is 0 Å². The van der Waals surface area contributed by atoms with Crippen LogP contribution in [0.5, 0.6) is 5.75 Å². The molecule has 1 aromatic carbocycles. The minimum atomic E-state index is 0.198. The maximum absolute atomic E-state index is 5.91. The first-order chi connectivity index (χ1) is 8.40. The minimum Gasteiger partial charge on any atom is -0.491 e. The molecule has 3 heteroatoms. The van der Waals surface area contributed by atoms with Crippen LogP contribution in [0.3, 0.4) is 0 Å². The summed E-state index contributed by atoms with van der Waals surface area (Å²) in [6.45, 7) is 6.12. The highest BCUT2D eigenvalue weighted by atomic mass is 16.5. The number of ether oxygens (including phenoxy) is 1. The molecule has 0 aliphatic rings. The molecule has 0 aromatic heterocycles. The van der Waals surface area contributed by atoms with Gasteiger partial charge >= 0.3 is 0 Å². The fraction of sp³-hybridized carbons (Fsp3) is 0.600. The largest absolute Gasteiger partial charge is 0.491 e. The monoisotopic (exact) mass is 250 g/mol. The lowest BCUT2D eigenvalue weighted by Gasteiger charge is -2.26.